The molecule has 1 nitrogen and oxygen atoms in total. The van der Waals surface area contributed by atoms with Gasteiger partial charge in [0.15, 0.2) is 0 Å². The molecule has 0 N–H and O–H groups in total. The Morgan fingerprint density at radius 1 is 1.18 bits per heavy atom. The Morgan fingerprint density at radius 3 is 2.29 bits per heavy atom. The first kappa shape index (κ1) is 12.6. The van der Waals surface area contributed by atoms with Gasteiger partial charge in [-0.15, -0.1) is 0 Å². The predicted octanol–water partition coefficient (Wildman–Crippen LogP) is 3.71. The third-order valence-corrected chi connectivity index (χ3v) is 7.25. The van der Waals surface area contributed by atoms with Crippen molar-refractivity contribution >= 4 is 14.3 Å². The van der Waals surface area contributed by atoms with E-state index in [0.717, 1.165) is 0 Å². The monoisotopic (exact) mass is 245 g/mol. The lowest BCUT2D eigenvalue weighted by Gasteiger charge is -2.33. The van der Waals surface area contributed by atoms with Crippen molar-refractivity contribution < 1.29 is 0 Å². The minimum atomic E-state index is -1.23. The quantitative estimate of drug-likeness (QED) is 0.731. The molecule has 17 heavy (non-hydrogen) atoms. The second-order valence-corrected chi connectivity index (χ2v) is 10.2. The van der Waals surface area contributed by atoms with Crippen molar-refractivity contribution in [2.45, 2.75) is 32.0 Å². The second kappa shape index (κ2) is 5.19. The molecule has 0 aromatic heterocycles. The van der Waals surface area contributed by atoms with E-state index in [1.807, 2.05) is 6.08 Å². The van der Waals surface area contributed by atoms with E-state index in [1.165, 1.54) is 43.1 Å². The molecule has 2 rings (SSSR count). The van der Waals surface area contributed by atoms with Crippen LogP contribution >= 0.6 is 0 Å². The van der Waals surface area contributed by atoms with Crippen molar-refractivity contribution in [3.05, 3.63) is 42.0 Å². The molecule has 1 aliphatic rings. The van der Waals surface area contributed by atoms with E-state index in [-0.39, 0.29) is 0 Å². The normalized spacial score (nSPS) is 17.3. The molecule has 1 saturated heterocycles. The van der Waals surface area contributed by atoms with Gasteiger partial charge in [-0.05, 0) is 43.1 Å². The van der Waals surface area contributed by atoms with Crippen LogP contribution < -0.4 is 0 Å². The van der Waals surface area contributed by atoms with E-state index in [4.69, 9.17) is 0 Å². The third-order valence-electron chi connectivity index (χ3n) is 3.81. The summed E-state index contributed by atoms with van der Waals surface area (Å²) in [6.07, 6.45) is 4.70. The highest BCUT2D eigenvalue weighted by molar-refractivity contribution is 6.74. The van der Waals surface area contributed by atoms with Crippen molar-refractivity contribution in [2.24, 2.45) is 0 Å². The first-order valence-electron chi connectivity index (χ1n) is 6.58. The van der Waals surface area contributed by atoms with Gasteiger partial charge in [0.1, 0.15) is 8.24 Å². The largest absolute Gasteiger partial charge is 0.323 e. The molecule has 1 aliphatic heterocycles. The highest BCUT2D eigenvalue weighted by Gasteiger charge is 2.31. The fraction of sp³-hybridized carbons (Fsp3) is 0.467. The summed E-state index contributed by atoms with van der Waals surface area (Å²) in [5.41, 5.74) is 2.70. The molecule has 1 fully saturated rings. The summed E-state index contributed by atoms with van der Waals surface area (Å²) in [4.78, 5) is 0. The second-order valence-electron chi connectivity index (χ2n) is 5.63. The lowest BCUT2D eigenvalue weighted by atomic mass is 10.1. The predicted molar refractivity (Wildman–Crippen MR) is 78.5 cm³/mol. The molecule has 2 heteroatoms. The molecule has 1 aromatic carbocycles. The van der Waals surface area contributed by atoms with Crippen LogP contribution in [0.1, 0.15) is 24.0 Å². The SMILES string of the molecule is C=Cc1ccc(C[Si](C)(C)N2CCCC2)cc1. The van der Waals surface area contributed by atoms with Gasteiger partial charge < -0.3 is 4.57 Å². The molecule has 0 unspecified atom stereocenters. The highest BCUT2D eigenvalue weighted by Crippen LogP contribution is 2.22. The molecule has 1 heterocycles. The molecule has 0 radical (unpaired) electrons. The summed E-state index contributed by atoms with van der Waals surface area (Å²) in [7, 11) is -1.23. The first-order valence-corrected chi connectivity index (χ1v) is 9.74. The summed E-state index contributed by atoms with van der Waals surface area (Å²) in [5, 5.41) is 0. The summed E-state index contributed by atoms with van der Waals surface area (Å²) in [6.45, 7) is 11.4. The number of hydrogen-bond donors (Lipinski definition) is 0. The maximum atomic E-state index is 3.80. The lowest BCUT2D eigenvalue weighted by molar-refractivity contribution is 0.517. The Balaban J connectivity index is 2.05. The zero-order chi connectivity index (χ0) is 12.3. The zero-order valence-corrected chi connectivity index (χ0v) is 12.1. The minimum absolute atomic E-state index is 1.22. The molecule has 0 amide bonds. The smallest absolute Gasteiger partial charge is 0.126 e. The number of benzene rings is 1. The average molecular weight is 245 g/mol. The average Bonchev–Trinajstić information content (AvgIpc) is 2.84. The lowest BCUT2D eigenvalue weighted by Crippen LogP contribution is -2.49. The van der Waals surface area contributed by atoms with Crippen molar-refractivity contribution in [2.75, 3.05) is 13.1 Å². The van der Waals surface area contributed by atoms with Crippen LogP contribution in [0.2, 0.25) is 13.1 Å². The molecule has 0 atom stereocenters. The standard InChI is InChI=1S/C15H23NSi/c1-4-14-7-9-15(10-8-14)13-17(2,3)16-11-5-6-12-16/h4,7-10H,1,5-6,11-13H2,2-3H3. The van der Waals surface area contributed by atoms with Gasteiger partial charge in [0.2, 0.25) is 0 Å². The fourth-order valence-corrected chi connectivity index (χ4v) is 5.69. The van der Waals surface area contributed by atoms with Crippen LogP contribution in [-0.2, 0) is 6.04 Å². The van der Waals surface area contributed by atoms with E-state index in [1.54, 1.807) is 0 Å². The molecule has 0 saturated carbocycles. The van der Waals surface area contributed by atoms with Gasteiger partial charge in [-0.2, -0.15) is 0 Å². The number of nitrogens with zero attached hydrogens (tertiary/aromatic N) is 1. The molecular weight excluding hydrogens is 222 g/mol. The van der Waals surface area contributed by atoms with E-state index < -0.39 is 8.24 Å². The van der Waals surface area contributed by atoms with Crippen molar-refractivity contribution in [1.82, 2.24) is 4.57 Å². The molecular formula is C15H23NSi. The van der Waals surface area contributed by atoms with Crippen LogP contribution in [0.15, 0.2) is 30.8 Å². The summed E-state index contributed by atoms with van der Waals surface area (Å²) < 4.78 is 2.76. The maximum Gasteiger partial charge on any atom is 0.126 e. The third kappa shape index (κ3) is 3.08. The Labute approximate surface area is 106 Å². The molecule has 0 aliphatic carbocycles. The maximum absolute atomic E-state index is 3.80. The van der Waals surface area contributed by atoms with Gasteiger partial charge >= 0.3 is 0 Å². The van der Waals surface area contributed by atoms with Gasteiger partial charge in [0.05, 0.1) is 0 Å². The Morgan fingerprint density at radius 2 is 1.76 bits per heavy atom. The highest BCUT2D eigenvalue weighted by atomic mass is 28.3. The van der Waals surface area contributed by atoms with Crippen molar-refractivity contribution in [1.29, 1.82) is 0 Å². The number of hydrogen-bond acceptors (Lipinski definition) is 1. The van der Waals surface area contributed by atoms with E-state index in [0.29, 0.717) is 0 Å². The van der Waals surface area contributed by atoms with Gasteiger partial charge in [0.25, 0.3) is 0 Å². The van der Waals surface area contributed by atoms with Crippen molar-refractivity contribution in [3.63, 3.8) is 0 Å². The molecule has 92 valence electrons. The fourth-order valence-electron chi connectivity index (χ4n) is 2.71. The van der Waals surface area contributed by atoms with Gasteiger partial charge in [0, 0.05) is 0 Å². The van der Waals surface area contributed by atoms with Crippen LogP contribution in [0.3, 0.4) is 0 Å². The van der Waals surface area contributed by atoms with E-state index >= 15 is 0 Å². The molecule has 1 aromatic rings. The van der Waals surface area contributed by atoms with Crippen LogP contribution in [0, 0.1) is 0 Å². The van der Waals surface area contributed by atoms with Gasteiger partial charge in [-0.1, -0.05) is 50.0 Å². The Bertz CT molecular complexity index is 374. The van der Waals surface area contributed by atoms with Crippen LogP contribution in [0.5, 0.6) is 0 Å². The topological polar surface area (TPSA) is 3.24 Å². The zero-order valence-electron chi connectivity index (χ0n) is 11.1. The van der Waals surface area contributed by atoms with Crippen LogP contribution in [-0.4, -0.2) is 25.9 Å². The van der Waals surface area contributed by atoms with Crippen LogP contribution in [0.25, 0.3) is 6.08 Å². The van der Waals surface area contributed by atoms with Crippen molar-refractivity contribution in [3.8, 4) is 0 Å². The Hall–Kier alpha value is -0.863. The minimum Gasteiger partial charge on any atom is -0.323 e. The molecule has 0 spiro atoms. The first-order chi connectivity index (χ1) is 8.12. The number of rotatable bonds is 4. The summed E-state index contributed by atoms with van der Waals surface area (Å²) >= 11 is 0. The van der Waals surface area contributed by atoms with Gasteiger partial charge in [-0.3, -0.25) is 0 Å². The summed E-state index contributed by atoms with van der Waals surface area (Å²) in [6, 6.07) is 10.2. The van der Waals surface area contributed by atoms with Gasteiger partial charge in [-0.25, -0.2) is 0 Å². The molecule has 0 bridgehead atoms. The summed E-state index contributed by atoms with van der Waals surface area (Å²) in [5.74, 6) is 0. The van der Waals surface area contributed by atoms with E-state index in [9.17, 15) is 0 Å². The Kier molecular flexibility index (Phi) is 3.85. The van der Waals surface area contributed by atoms with Crippen LogP contribution in [0.4, 0.5) is 0 Å². The van der Waals surface area contributed by atoms with E-state index in [2.05, 4.69) is 48.5 Å².